The van der Waals surface area contributed by atoms with Crippen molar-refractivity contribution in [3.8, 4) is 0 Å². The molecule has 0 bridgehead atoms. The molecule has 0 N–H and O–H groups in total. The quantitative estimate of drug-likeness (QED) is 0.328. The van der Waals surface area contributed by atoms with Crippen molar-refractivity contribution in [1.29, 1.82) is 0 Å². The highest BCUT2D eigenvalue weighted by Gasteiger charge is 2.48. The van der Waals surface area contributed by atoms with Gasteiger partial charge in [-0.2, -0.15) is 0 Å². The van der Waals surface area contributed by atoms with Crippen molar-refractivity contribution in [1.82, 2.24) is 0 Å². The molecule has 0 saturated heterocycles. The van der Waals surface area contributed by atoms with E-state index in [1.165, 1.54) is 0 Å². The third kappa shape index (κ3) is 3.30. The summed E-state index contributed by atoms with van der Waals surface area (Å²) >= 11 is 0. The number of carbonyl (C=O) groups excluding carboxylic acids is 2. The third-order valence-corrected chi connectivity index (χ3v) is 4.22. The summed E-state index contributed by atoms with van der Waals surface area (Å²) in [5, 5.41) is 0. The Balaban J connectivity index is 2.56. The minimum Gasteiger partial charge on any atom is -0.465 e. The topological polar surface area (TPSA) is 43.4 Å². The van der Waals surface area contributed by atoms with Gasteiger partial charge in [-0.15, -0.1) is 6.58 Å². The number of benzene rings is 2. The zero-order chi connectivity index (χ0) is 17.6. The van der Waals surface area contributed by atoms with Gasteiger partial charge in [-0.05, 0) is 19.4 Å². The molecular formula is C21H22O3. The van der Waals surface area contributed by atoms with E-state index in [4.69, 9.17) is 4.74 Å². The monoisotopic (exact) mass is 322 g/mol. The van der Waals surface area contributed by atoms with Crippen LogP contribution in [0.5, 0.6) is 0 Å². The normalized spacial score (nSPS) is 14.2. The number of rotatable bonds is 7. The first-order chi connectivity index (χ1) is 11.6. The third-order valence-electron chi connectivity index (χ3n) is 4.22. The standard InChI is InChI=1S/C21H22O3/c1-4-18(16-12-8-6-9-13-16)21(3,20(23)24-5-2)19(22)17-14-10-7-11-15-17/h4,6-15,18H,1,5H2,2-3H3/t18-,21+/m0/s1. The Kier molecular flexibility index (Phi) is 5.69. The summed E-state index contributed by atoms with van der Waals surface area (Å²) < 4.78 is 5.25. The average molecular weight is 322 g/mol. The van der Waals surface area contributed by atoms with Crippen LogP contribution in [0.1, 0.15) is 35.7 Å². The fourth-order valence-corrected chi connectivity index (χ4v) is 2.90. The lowest BCUT2D eigenvalue weighted by atomic mass is 9.69. The van der Waals surface area contributed by atoms with Gasteiger partial charge >= 0.3 is 5.97 Å². The van der Waals surface area contributed by atoms with Crippen LogP contribution < -0.4 is 0 Å². The fraction of sp³-hybridized carbons (Fsp3) is 0.238. The van der Waals surface area contributed by atoms with Gasteiger partial charge in [0.05, 0.1) is 6.61 Å². The molecule has 0 fully saturated rings. The Bertz CT molecular complexity index is 706. The van der Waals surface area contributed by atoms with Crippen molar-refractivity contribution < 1.29 is 14.3 Å². The van der Waals surface area contributed by atoms with Gasteiger partial charge in [0, 0.05) is 11.5 Å². The van der Waals surface area contributed by atoms with Crippen LogP contribution in [0.2, 0.25) is 0 Å². The second kappa shape index (κ2) is 7.73. The molecule has 0 saturated carbocycles. The minimum atomic E-state index is -1.37. The number of hydrogen-bond donors (Lipinski definition) is 0. The van der Waals surface area contributed by atoms with Gasteiger partial charge in [0.1, 0.15) is 5.41 Å². The first-order valence-corrected chi connectivity index (χ1v) is 8.00. The van der Waals surface area contributed by atoms with E-state index in [-0.39, 0.29) is 12.4 Å². The minimum absolute atomic E-state index is 0.217. The summed E-state index contributed by atoms with van der Waals surface area (Å²) in [5.74, 6) is -1.28. The van der Waals surface area contributed by atoms with E-state index in [1.54, 1.807) is 44.2 Å². The molecule has 24 heavy (non-hydrogen) atoms. The molecule has 0 spiro atoms. The molecule has 3 nitrogen and oxygen atoms in total. The van der Waals surface area contributed by atoms with E-state index in [0.717, 1.165) is 5.56 Å². The highest BCUT2D eigenvalue weighted by atomic mass is 16.5. The number of Topliss-reactive ketones (excluding diaryl/α,β-unsaturated/α-hetero) is 1. The van der Waals surface area contributed by atoms with Crippen LogP contribution in [0.25, 0.3) is 0 Å². The van der Waals surface area contributed by atoms with E-state index < -0.39 is 17.3 Å². The second-order valence-electron chi connectivity index (χ2n) is 5.74. The Hall–Kier alpha value is -2.68. The van der Waals surface area contributed by atoms with E-state index in [2.05, 4.69) is 6.58 Å². The summed E-state index contributed by atoms with van der Waals surface area (Å²) in [6.07, 6.45) is 1.65. The van der Waals surface area contributed by atoms with Crippen molar-refractivity contribution >= 4 is 11.8 Å². The number of carbonyl (C=O) groups is 2. The maximum atomic E-state index is 13.2. The fourth-order valence-electron chi connectivity index (χ4n) is 2.90. The van der Waals surface area contributed by atoms with Gasteiger partial charge in [0.15, 0.2) is 5.78 Å². The zero-order valence-electron chi connectivity index (χ0n) is 14.1. The molecule has 0 unspecified atom stereocenters. The molecule has 2 aromatic rings. The van der Waals surface area contributed by atoms with Crippen LogP contribution in [-0.4, -0.2) is 18.4 Å². The summed E-state index contributed by atoms with van der Waals surface area (Å²) in [7, 11) is 0. The Morgan fingerprint density at radius 3 is 2.12 bits per heavy atom. The van der Waals surface area contributed by atoms with E-state index in [9.17, 15) is 9.59 Å². The van der Waals surface area contributed by atoms with Crippen LogP contribution in [0.4, 0.5) is 0 Å². The molecule has 124 valence electrons. The lowest BCUT2D eigenvalue weighted by molar-refractivity contribution is -0.152. The number of ether oxygens (including phenoxy) is 1. The molecule has 2 aromatic carbocycles. The first kappa shape index (κ1) is 17.7. The SMILES string of the molecule is C=C[C@@H](c1ccccc1)[C@@](C)(C(=O)OCC)C(=O)c1ccccc1. The highest BCUT2D eigenvalue weighted by molar-refractivity contribution is 6.13. The van der Waals surface area contributed by atoms with E-state index in [0.29, 0.717) is 5.56 Å². The molecule has 0 heterocycles. The maximum absolute atomic E-state index is 13.2. The largest absolute Gasteiger partial charge is 0.465 e. The lowest BCUT2D eigenvalue weighted by Crippen LogP contribution is -2.42. The molecule has 0 aromatic heterocycles. The van der Waals surface area contributed by atoms with Crippen LogP contribution in [0.15, 0.2) is 73.3 Å². The smallest absolute Gasteiger partial charge is 0.320 e. The number of esters is 1. The Morgan fingerprint density at radius 2 is 1.62 bits per heavy atom. The van der Waals surface area contributed by atoms with E-state index in [1.807, 2.05) is 36.4 Å². The highest BCUT2D eigenvalue weighted by Crippen LogP contribution is 2.41. The van der Waals surface area contributed by atoms with Crippen molar-refractivity contribution in [3.05, 3.63) is 84.4 Å². The van der Waals surface area contributed by atoms with Gasteiger partial charge in [-0.25, -0.2) is 0 Å². The molecule has 2 rings (SSSR count). The summed E-state index contributed by atoms with van der Waals surface area (Å²) in [4.78, 5) is 26.0. The van der Waals surface area contributed by atoms with Gasteiger partial charge in [0.2, 0.25) is 0 Å². The number of allylic oxidation sites excluding steroid dienone is 1. The molecule has 0 aliphatic heterocycles. The Labute approximate surface area is 143 Å². The Morgan fingerprint density at radius 1 is 1.08 bits per heavy atom. The molecule has 0 radical (unpaired) electrons. The predicted molar refractivity (Wildman–Crippen MR) is 94.9 cm³/mol. The first-order valence-electron chi connectivity index (χ1n) is 8.00. The number of hydrogen-bond acceptors (Lipinski definition) is 3. The van der Waals surface area contributed by atoms with Crippen LogP contribution in [-0.2, 0) is 9.53 Å². The molecule has 0 aliphatic rings. The maximum Gasteiger partial charge on any atom is 0.320 e. The molecule has 0 amide bonds. The van der Waals surface area contributed by atoms with Crippen molar-refractivity contribution in [2.75, 3.05) is 6.61 Å². The van der Waals surface area contributed by atoms with Crippen molar-refractivity contribution in [2.24, 2.45) is 5.41 Å². The van der Waals surface area contributed by atoms with Crippen LogP contribution in [0.3, 0.4) is 0 Å². The molecule has 2 atom stereocenters. The van der Waals surface area contributed by atoms with Crippen LogP contribution in [0, 0.1) is 5.41 Å². The van der Waals surface area contributed by atoms with Gasteiger partial charge in [-0.1, -0.05) is 66.7 Å². The van der Waals surface area contributed by atoms with Crippen LogP contribution >= 0.6 is 0 Å². The molecule has 3 heteroatoms. The second-order valence-corrected chi connectivity index (χ2v) is 5.74. The van der Waals surface area contributed by atoms with Gasteiger partial charge in [-0.3, -0.25) is 9.59 Å². The average Bonchev–Trinajstić information content (AvgIpc) is 2.63. The van der Waals surface area contributed by atoms with Crippen molar-refractivity contribution in [2.45, 2.75) is 19.8 Å². The summed E-state index contributed by atoms with van der Waals surface area (Å²) in [6.45, 7) is 7.45. The summed E-state index contributed by atoms with van der Waals surface area (Å²) in [5.41, 5.74) is -0.0383. The van der Waals surface area contributed by atoms with Crippen molar-refractivity contribution in [3.63, 3.8) is 0 Å². The molecule has 0 aliphatic carbocycles. The molecular weight excluding hydrogens is 300 g/mol. The van der Waals surface area contributed by atoms with Gasteiger partial charge < -0.3 is 4.74 Å². The predicted octanol–water partition coefficient (Wildman–Crippen LogP) is 4.41. The van der Waals surface area contributed by atoms with Gasteiger partial charge in [0.25, 0.3) is 0 Å². The zero-order valence-corrected chi connectivity index (χ0v) is 14.1. The van der Waals surface area contributed by atoms with E-state index >= 15 is 0 Å². The number of ketones is 1. The summed E-state index contributed by atoms with van der Waals surface area (Å²) in [6, 6.07) is 18.3. The lowest BCUT2D eigenvalue weighted by Gasteiger charge is -2.32.